The molecule has 2 aliphatic rings. The quantitative estimate of drug-likeness (QED) is 0.616. The van der Waals surface area contributed by atoms with Crippen LogP contribution in [0.15, 0.2) is 11.1 Å². The second-order valence-corrected chi connectivity index (χ2v) is 10.1. The highest BCUT2D eigenvalue weighted by atomic mass is 32.3. The molecule has 0 spiro atoms. The Bertz CT molecular complexity index is 278. The third kappa shape index (κ3) is 1.96. The first-order valence-corrected chi connectivity index (χ1v) is 9.40. The summed E-state index contributed by atoms with van der Waals surface area (Å²) in [4.78, 5) is 0. The van der Waals surface area contributed by atoms with Crippen molar-refractivity contribution in [2.45, 2.75) is 47.0 Å². The van der Waals surface area contributed by atoms with E-state index in [1.807, 2.05) is 11.1 Å². The Balaban J connectivity index is 2.15. The van der Waals surface area contributed by atoms with E-state index in [1.165, 1.54) is 42.3 Å². The van der Waals surface area contributed by atoms with Gasteiger partial charge in [0, 0.05) is 0 Å². The molecule has 0 aromatic heterocycles. The van der Waals surface area contributed by atoms with E-state index in [9.17, 15) is 0 Å². The predicted molar refractivity (Wildman–Crippen MR) is 77.6 cm³/mol. The normalized spacial score (nSPS) is 30.2. The molecule has 1 fully saturated rings. The van der Waals surface area contributed by atoms with Crippen molar-refractivity contribution in [3.05, 3.63) is 11.1 Å². The van der Waals surface area contributed by atoms with Crippen LogP contribution in [0.3, 0.4) is 0 Å². The summed E-state index contributed by atoms with van der Waals surface area (Å²) in [6.07, 6.45) is 4.50. The Hall–Kier alpha value is 0.0900. The molecule has 0 radical (unpaired) electrons. The van der Waals surface area contributed by atoms with Crippen LogP contribution in [0.25, 0.3) is 0 Å². The van der Waals surface area contributed by atoms with E-state index in [4.69, 9.17) is 0 Å². The minimum absolute atomic E-state index is 0.307. The van der Waals surface area contributed by atoms with Crippen LogP contribution in [0.2, 0.25) is 0 Å². The maximum atomic E-state index is 2.43. The molecule has 0 nitrogen and oxygen atoms in total. The van der Waals surface area contributed by atoms with E-state index in [1.54, 1.807) is 0 Å². The van der Waals surface area contributed by atoms with Gasteiger partial charge in [-0.25, -0.2) is 10.0 Å². The van der Waals surface area contributed by atoms with E-state index in [0.29, 0.717) is 0 Å². The Labute approximate surface area is 103 Å². The maximum absolute atomic E-state index is 2.43. The zero-order valence-electron chi connectivity index (χ0n) is 11.5. The van der Waals surface area contributed by atoms with Gasteiger partial charge < -0.3 is 0 Å². The lowest BCUT2D eigenvalue weighted by molar-refractivity contribution is 0.649. The van der Waals surface area contributed by atoms with Crippen molar-refractivity contribution in [2.24, 2.45) is 11.8 Å². The smallest absolute Gasteiger partial charge is 0.00109 e. The van der Waals surface area contributed by atoms with Crippen LogP contribution in [0.5, 0.6) is 0 Å². The van der Waals surface area contributed by atoms with Gasteiger partial charge in [0.1, 0.15) is 0 Å². The molecule has 0 saturated heterocycles. The molecular formula is C15H28S. The van der Waals surface area contributed by atoms with Gasteiger partial charge in [0.2, 0.25) is 0 Å². The lowest BCUT2D eigenvalue weighted by Crippen LogP contribution is -2.18. The van der Waals surface area contributed by atoms with Crippen molar-refractivity contribution in [1.82, 2.24) is 0 Å². The fourth-order valence-corrected chi connectivity index (χ4v) is 6.72. The van der Waals surface area contributed by atoms with E-state index >= 15 is 0 Å². The zero-order chi connectivity index (χ0) is 11.8. The Morgan fingerprint density at radius 1 is 1.00 bits per heavy atom. The first kappa shape index (κ1) is 12.5. The van der Waals surface area contributed by atoms with Crippen LogP contribution >= 0.6 is 10.0 Å². The zero-order valence-corrected chi connectivity index (χ0v) is 12.3. The molecule has 0 amide bonds. The van der Waals surface area contributed by atoms with Crippen LogP contribution in [-0.4, -0.2) is 23.0 Å². The van der Waals surface area contributed by atoms with Crippen LogP contribution in [0, 0.1) is 11.8 Å². The highest BCUT2D eigenvalue weighted by Crippen LogP contribution is 2.56. The predicted octanol–water partition coefficient (Wildman–Crippen LogP) is 4.60. The Kier molecular flexibility index (Phi) is 3.73. The van der Waals surface area contributed by atoms with E-state index in [-0.39, 0.29) is 10.0 Å². The first-order valence-electron chi connectivity index (χ1n) is 7.09. The van der Waals surface area contributed by atoms with Crippen LogP contribution in [0.4, 0.5) is 0 Å². The average molecular weight is 240 g/mol. The van der Waals surface area contributed by atoms with Gasteiger partial charge in [0.25, 0.3) is 0 Å². The molecule has 1 unspecified atom stereocenters. The Morgan fingerprint density at radius 3 is 2.00 bits per heavy atom. The molecule has 0 aliphatic heterocycles. The summed E-state index contributed by atoms with van der Waals surface area (Å²) in [5.41, 5.74) is 3.72. The number of hydrogen-bond acceptors (Lipinski definition) is 0. The van der Waals surface area contributed by atoms with E-state index in [2.05, 4.69) is 27.7 Å². The third-order valence-electron chi connectivity index (χ3n) is 5.34. The molecule has 0 N–H and O–H groups in total. The van der Waals surface area contributed by atoms with E-state index in [0.717, 1.165) is 11.8 Å². The molecule has 2 aliphatic carbocycles. The standard InChI is InChI=1S/C15H28S/c1-5-16(6-2,7-3)11-15-12(4)13-8-9-14(15)10-13/h13-14H,5-11H2,1-4H3/t13?,14-/m1/s1. The fraction of sp³-hybridized carbons (Fsp3) is 0.867. The van der Waals surface area contributed by atoms with E-state index < -0.39 is 0 Å². The molecule has 94 valence electrons. The molecular weight excluding hydrogens is 212 g/mol. The van der Waals surface area contributed by atoms with Gasteiger partial charge in [0.05, 0.1) is 0 Å². The summed E-state index contributed by atoms with van der Waals surface area (Å²) < 4.78 is 0. The van der Waals surface area contributed by atoms with Crippen LogP contribution < -0.4 is 0 Å². The number of allylic oxidation sites excluding steroid dienone is 1. The summed E-state index contributed by atoms with van der Waals surface area (Å²) in [7, 11) is -0.307. The van der Waals surface area contributed by atoms with Crippen LogP contribution in [-0.2, 0) is 0 Å². The number of hydrogen-bond donors (Lipinski definition) is 0. The fourth-order valence-electron chi connectivity index (χ4n) is 3.76. The van der Waals surface area contributed by atoms with Gasteiger partial charge in [-0.05, 0) is 61.0 Å². The van der Waals surface area contributed by atoms with Crippen molar-refractivity contribution in [1.29, 1.82) is 0 Å². The highest BCUT2D eigenvalue weighted by molar-refractivity contribution is 8.33. The van der Waals surface area contributed by atoms with Gasteiger partial charge in [-0.15, -0.1) is 0 Å². The maximum Gasteiger partial charge on any atom is -0.00109 e. The second-order valence-electron chi connectivity index (χ2n) is 5.65. The number of fused-ring (bicyclic) bond motifs is 2. The van der Waals surface area contributed by atoms with Crippen molar-refractivity contribution in [2.75, 3.05) is 23.0 Å². The minimum Gasteiger partial charge on any atom is -0.238 e. The van der Waals surface area contributed by atoms with Crippen molar-refractivity contribution in [3.63, 3.8) is 0 Å². The lowest BCUT2D eigenvalue weighted by Gasteiger charge is -2.39. The summed E-state index contributed by atoms with van der Waals surface area (Å²) in [5, 5.41) is 0. The first-order chi connectivity index (χ1) is 7.65. The molecule has 0 heterocycles. The minimum atomic E-state index is -0.307. The topological polar surface area (TPSA) is 0 Å². The van der Waals surface area contributed by atoms with Crippen molar-refractivity contribution >= 4 is 10.0 Å². The highest BCUT2D eigenvalue weighted by Gasteiger charge is 2.38. The molecule has 2 rings (SSSR count). The molecule has 2 bridgehead atoms. The lowest BCUT2D eigenvalue weighted by atomic mass is 9.94. The van der Waals surface area contributed by atoms with Gasteiger partial charge in [-0.1, -0.05) is 31.9 Å². The second kappa shape index (κ2) is 4.76. The van der Waals surface area contributed by atoms with Gasteiger partial charge >= 0.3 is 0 Å². The summed E-state index contributed by atoms with van der Waals surface area (Å²) in [6.45, 7) is 9.70. The van der Waals surface area contributed by atoms with Crippen LogP contribution in [0.1, 0.15) is 47.0 Å². The SMILES string of the molecule is CCS(CC)(CC)CC1=C(C)C2CC[C@@H]1C2. The molecule has 0 aromatic rings. The van der Waals surface area contributed by atoms with Crippen molar-refractivity contribution < 1.29 is 0 Å². The molecule has 16 heavy (non-hydrogen) atoms. The summed E-state index contributed by atoms with van der Waals surface area (Å²) in [6, 6.07) is 0. The summed E-state index contributed by atoms with van der Waals surface area (Å²) in [5.74, 6) is 7.80. The third-order valence-corrected chi connectivity index (χ3v) is 9.94. The Morgan fingerprint density at radius 2 is 1.56 bits per heavy atom. The van der Waals surface area contributed by atoms with Gasteiger partial charge in [-0.2, -0.15) is 0 Å². The van der Waals surface area contributed by atoms with Gasteiger partial charge in [-0.3, -0.25) is 0 Å². The largest absolute Gasteiger partial charge is 0.238 e. The average Bonchev–Trinajstić information content (AvgIpc) is 2.89. The summed E-state index contributed by atoms with van der Waals surface area (Å²) >= 11 is 0. The monoisotopic (exact) mass is 240 g/mol. The van der Waals surface area contributed by atoms with Crippen molar-refractivity contribution in [3.8, 4) is 0 Å². The molecule has 1 saturated carbocycles. The molecule has 2 atom stereocenters. The molecule has 1 heteroatoms. The molecule has 0 aromatic carbocycles. The van der Waals surface area contributed by atoms with Gasteiger partial charge in [0.15, 0.2) is 0 Å². The number of rotatable bonds is 5.